The highest BCUT2D eigenvalue weighted by atomic mass is 16.3. The van der Waals surface area contributed by atoms with Gasteiger partial charge in [-0.1, -0.05) is 166 Å². The lowest BCUT2D eigenvalue weighted by atomic mass is 9.81. The molecule has 270 valence electrons. The van der Waals surface area contributed by atoms with Gasteiger partial charge in [0.1, 0.15) is 11.2 Å². The molecule has 0 spiro atoms. The Morgan fingerprint density at radius 3 is 1.84 bits per heavy atom. The molecule has 1 aliphatic carbocycles. The molecule has 0 N–H and O–H groups in total. The molecular weight excluding hydrogens is 691 g/mol. The van der Waals surface area contributed by atoms with Crippen molar-refractivity contribution in [2.45, 2.75) is 19.3 Å². The highest BCUT2D eigenvalue weighted by Crippen LogP contribution is 2.52. The van der Waals surface area contributed by atoms with Gasteiger partial charge < -0.3 is 9.32 Å². The summed E-state index contributed by atoms with van der Waals surface area (Å²) >= 11 is 0. The molecular formula is C55H39NO. The van der Waals surface area contributed by atoms with Crippen LogP contribution in [0.3, 0.4) is 0 Å². The summed E-state index contributed by atoms with van der Waals surface area (Å²) in [6.07, 6.45) is 0. The van der Waals surface area contributed by atoms with Crippen molar-refractivity contribution < 1.29 is 4.42 Å². The van der Waals surface area contributed by atoms with E-state index in [1.165, 1.54) is 55.3 Å². The minimum Gasteiger partial charge on any atom is -0.455 e. The Morgan fingerprint density at radius 1 is 0.386 bits per heavy atom. The number of fused-ring (bicyclic) bond motifs is 7. The quantitative estimate of drug-likeness (QED) is 0.169. The van der Waals surface area contributed by atoms with Crippen LogP contribution in [0.1, 0.15) is 25.0 Å². The van der Waals surface area contributed by atoms with Crippen LogP contribution in [0.15, 0.2) is 205 Å². The summed E-state index contributed by atoms with van der Waals surface area (Å²) in [5, 5.41) is 4.80. The fourth-order valence-corrected chi connectivity index (χ4v) is 9.14. The summed E-state index contributed by atoms with van der Waals surface area (Å²) in [4.78, 5) is 2.42. The Kier molecular flexibility index (Phi) is 7.55. The van der Waals surface area contributed by atoms with E-state index in [2.05, 4.69) is 207 Å². The van der Waals surface area contributed by atoms with Gasteiger partial charge in [-0.05, 0) is 104 Å². The highest BCUT2D eigenvalue weighted by molar-refractivity contribution is 6.09. The normalized spacial score (nSPS) is 12.9. The molecule has 1 aliphatic rings. The average molecular weight is 730 g/mol. The largest absolute Gasteiger partial charge is 0.455 e. The Hall–Kier alpha value is -7.16. The van der Waals surface area contributed by atoms with Crippen molar-refractivity contribution in [1.82, 2.24) is 0 Å². The van der Waals surface area contributed by atoms with Crippen LogP contribution in [0.5, 0.6) is 0 Å². The van der Waals surface area contributed by atoms with Gasteiger partial charge >= 0.3 is 0 Å². The van der Waals surface area contributed by atoms with Crippen molar-refractivity contribution in [2.75, 3.05) is 4.90 Å². The maximum Gasteiger partial charge on any atom is 0.143 e. The van der Waals surface area contributed by atoms with Gasteiger partial charge in [-0.25, -0.2) is 0 Å². The predicted octanol–water partition coefficient (Wildman–Crippen LogP) is 15.5. The van der Waals surface area contributed by atoms with Crippen molar-refractivity contribution in [2.24, 2.45) is 0 Å². The van der Waals surface area contributed by atoms with E-state index in [0.717, 1.165) is 50.1 Å². The zero-order chi connectivity index (χ0) is 38.1. The molecule has 1 heterocycles. The molecule has 0 aliphatic heterocycles. The number of rotatable bonds is 6. The molecule has 0 unspecified atom stereocenters. The summed E-state index contributed by atoms with van der Waals surface area (Å²) in [5.41, 5.74) is 17.3. The maximum atomic E-state index is 6.45. The standard InChI is InChI=1S/C55H39NO/c1-55(2)50-34-41(40-24-23-36-13-6-7-16-39(36)33-40)27-31-46(50)47-32-30-43(35-51(47)55)56(52-21-10-8-17-44(52)37-14-4-3-5-15-37)42-28-25-38(26-29-42)45-19-12-20-49-48-18-9-11-22-53(48)57-54(45)49/h3-35H,1-2H3. The number of benzene rings is 9. The van der Waals surface area contributed by atoms with E-state index in [0.29, 0.717) is 0 Å². The van der Waals surface area contributed by atoms with Crippen LogP contribution in [0, 0.1) is 0 Å². The third-order valence-electron chi connectivity index (χ3n) is 12.1. The van der Waals surface area contributed by atoms with Crippen LogP contribution >= 0.6 is 0 Å². The SMILES string of the molecule is CC1(C)c2cc(-c3ccc4ccccc4c3)ccc2-c2ccc(N(c3ccc(-c4cccc5c4oc4ccccc45)cc3)c3ccccc3-c3ccccc3)cc21. The van der Waals surface area contributed by atoms with Crippen molar-refractivity contribution in [3.05, 3.63) is 211 Å². The molecule has 2 nitrogen and oxygen atoms in total. The van der Waals surface area contributed by atoms with Gasteiger partial charge in [0.25, 0.3) is 0 Å². The van der Waals surface area contributed by atoms with E-state index in [-0.39, 0.29) is 5.41 Å². The predicted molar refractivity (Wildman–Crippen MR) is 240 cm³/mol. The zero-order valence-corrected chi connectivity index (χ0v) is 31.9. The second-order valence-corrected chi connectivity index (χ2v) is 15.7. The first kappa shape index (κ1) is 33.2. The second-order valence-electron chi connectivity index (χ2n) is 15.7. The van der Waals surface area contributed by atoms with E-state index >= 15 is 0 Å². The van der Waals surface area contributed by atoms with Crippen molar-refractivity contribution >= 4 is 49.8 Å². The van der Waals surface area contributed by atoms with Gasteiger partial charge in [0.15, 0.2) is 0 Å². The molecule has 0 fully saturated rings. The Balaban J connectivity index is 1.03. The van der Waals surface area contributed by atoms with Gasteiger partial charge in [-0.3, -0.25) is 0 Å². The molecule has 57 heavy (non-hydrogen) atoms. The van der Waals surface area contributed by atoms with Gasteiger partial charge in [-0.15, -0.1) is 0 Å². The van der Waals surface area contributed by atoms with E-state index in [1.807, 2.05) is 12.1 Å². The second kappa shape index (κ2) is 13.0. The average Bonchev–Trinajstić information content (AvgIpc) is 3.76. The Labute approximate surface area is 332 Å². The molecule has 10 aromatic rings. The van der Waals surface area contributed by atoms with Crippen LogP contribution in [0.2, 0.25) is 0 Å². The molecule has 9 aromatic carbocycles. The fraction of sp³-hybridized carbons (Fsp3) is 0.0545. The Morgan fingerprint density at radius 2 is 0.982 bits per heavy atom. The Bertz CT molecular complexity index is 3150. The molecule has 0 amide bonds. The van der Waals surface area contributed by atoms with Crippen LogP contribution in [-0.4, -0.2) is 0 Å². The van der Waals surface area contributed by atoms with E-state index < -0.39 is 0 Å². The van der Waals surface area contributed by atoms with Gasteiger partial charge in [-0.2, -0.15) is 0 Å². The van der Waals surface area contributed by atoms with Crippen LogP contribution < -0.4 is 4.90 Å². The van der Waals surface area contributed by atoms with Crippen LogP contribution in [-0.2, 0) is 5.41 Å². The molecule has 2 heteroatoms. The summed E-state index contributed by atoms with van der Waals surface area (Å²) in [5.74, 6) is 0. The number of furan rings is 1. The van der Waals surface area contributed by atoms with Gasteiger partial charge in [0, 0.05) is 38.7 Å². The molecule has 0 bridgehead atoms. The highest BCUT2D eigenvalue weighted by Gasteiger charge is 2.36. The fourth-order valence-electron chi connectivity index (χ4n) is 9.14. The molecule has 0 radical (unpaired) electrons. The summed E-state index contributed by atoms with van der Waals surface area (Å²) < 4.78 is 6.45. The lowest BCUT2D eigenvalue weighted by Gasteiger charge is -2.30. The van der Waals surface area contributed by atoms with Crippen LogP contribution in [0.25, 0.3) is 77.2 Å². The molecule has 1 aromatic heterocycles. The number of para-hydroxylation sites is 3. The summed E-state index contributed by atoms with van der Waals surface area (Å²) in [7, 11) is 0. The minimum absolute atomic E-state index is 0.201. The first-order chi connectivity index (χ1) is 28.0. The van der Waals surface area contributed by atoms with E-state index in [9.17, 15) is 0 Å². The van der Waals surface area contributed by atoms with Gasteiger partial charge in [0.2, 0.25) is 0 Å². The molecule has 0 saturated heterocycles. The molecule has 11 rings (SSSR count). The minimum atomic E-state index is -0.201. The lowest BCUT2D eigenvalue weighted by Crippen LogP contribution is -2.17. The number of anilines is 3. The first-order valence-corrected chi connectivity index (χ1v) is 19.8. The third kappa shape index (κ3) is 5.40. The van der Waals surface area contributed by atoms with Crippen molar-refractivity contribution in [3.8, 4) is 44.5 Å². The third-order valence-corrected chi connectivity index (χ3v) is 12.1. The monoisotopic (exact) mass is 729 g/mol. The smallest absolute Gasteiger partial charge is 0.143 e. The van der Waals surface area contributed by atoms with Gasteiger partial charge in [0.05, 0.1) is 5.69 Å². The van der Waals surface area contributed by atoms with Crippen LogP contribution in [0.4, 0.5) is 17.1 Å². The topological polar surface area (TPSA) is 16.4 Å². The maximum absolute atomic E-state index is 6.45. The van der Waals surface area contributed by atoms with Crippen molar-refractivity contribution in [1.29, 1.82) is 0 Å². The van der Waals surface area contributed by atoms with E-state index in [4.69, 9.17) is 4.42 Å². The van der Waals surface area contributed by atoms with E-state index in [1.54, 1.807) is 0 Å². The first-order valence-electron chi connectivity index (χ1n) is 19.8. The van der Waals surface area contributed by atoms with Crippen molar-refractivity contribution in [3.63, 3.8) is 0 Å². The zero-order valence-electron chi connectivity index (χ0n) is 31.9. The number of hydrogen-bond acceptors (Lipinski definition) is 2. The lowest BCUT2D eigenvalue weighted by molar-refractivity contribution is 0.660. The molecule has 0 atom stereocenters. The number of nitrogens with zero attached hydrogens (tertiary/aromatic N) is 1. The summed E-state index contributed by atoms with van der Waals surface area (Å²) in [6, 6.07) is 72.7. The summed E-state index contributed by atoms with van der Waals surface area (Å²) in [6.45, 7) is 4.75. The number of hydrogen-bond donors (Lipinski definition) is 0. The molecule has 0 saturated carbocycles.